The number of halogens is 3. The number of hydrogen-bond donors (Lipinski definition) is 2. The van der Waals surface area contributed by atoms with Gasteiger partial charge >= 0.3 is 6.18 Å². The SMILES string of the molecule is COc1ccc(CN2C=c3ccccc3=C3NN(c4cccc(C(F)(F)F)c4)C(O)=C32)cc1. The smallest absolute Gasteiger partial charge is 0.416 e. The van der Waals surface area contributed by atoms with Gasteiger partial charge in [0, 0.05) is 23.2 Å². The van der Waals surface area contributed by atoms with E-state index in [9.17, 15) is 18.3 Å². The van der Waals surface area contributed by atoms with Gasteiger partial charge in [0.25, 0.3) is 0 Å². The van der Waals surface area contributed by atoms with Crippen LogP contribution >= 0.6 is 0 Å². The summed E-state index contributed by atoms with van der Waals surface area (Å²) in [7, 11) is 1.60. The Morgan fingerprint density at radius 2 is 1.73 bits per heavy atom. The van der Waals surface area contributed by atoms with Crippen LogP contribution in [0.25, 0.3) is 11.9 Å². The van der Waals surface area contributed by atoms with Crippen molar-refractivity contribution < 1.29 is 23.0 Å². The summed E-state index contributed by atoms with van der Waals surface area (Å²) < 4.78 is 45.0. The molecule has 3 aromatic rings. The predicted octanol–water partition coefficient (Wildman–Crippen LogP) is 3.83. The highest BCUT2D eigenvalue weighted by molar-refractivity contribution is 5.75. The van der Waals surface area contributed by atoms with E-state index in [1.165, 1.54) is 17.1 Å². The fourth-order valence-corrected chi connectivity index (χ4v) is 4.03. The highest BCUT2D eigenvalue weighted by Gasteiger charge is 2.35. The molecule has 0 amide bonds. The van der Waals surface area contributed by atoms with Gasteiger partial charge in [-0.05, 0) is 35.9 Å². The Balaban J connectivity index is 1.60. The summed E-state index contributed by atoms with van der Waals surface area (Å²) in [6.07, 6.45) is -2.56. The van der Waals surface area contributed by atoms with Crippen molar-refractivity contribution in [2.75, 3.05) is 12.1 Å². The number of nitrogens with one attached hydrogen (secondary N) is 1. The maximum atomic E-state index is 13.3. The Labute approximate surface area is 187 Å². The van der Waals surface area contributed by atoms with E-state index in [-0.39, 0.29) is 11.6 Å². The number of hydrogen-bond acceptors (Lipinski definition) is 5. The van der Waals surface area contributed by atoms with E-state index >= 15 is 0 Å². The van der Waals surface area contributed by atoms with Crippen LogP contribution in [-0.2, 0) is 12.7 Å². The second-order valence-corrected chi connectivity index (χ2v) is 7.73. The predicted molar refractivity (Wildman–Crippen MR) is 119 cm³/mol. The zero-order valence-electron chi connectivity index (χ0n) is 17.6. The minimum atomic E-state index is -4.49. The Morgan fingerprint density at radius 3 is 2.45 bits per heavy atom. The van der Waals surface area contributed by atoms with E-state index in [0.717, 1.165) is 33.9 Å². The van der Waals surface area contributed by atoms with E-state index in [4.69, 9.17) is 4.74 Å². The Kier molecular flexibility index (Phi) is 4.92. The van der Waals surface area contributed by atoms with Gasteiger partial charge in [0.15, 0.2) is 0 Å². The third kappa shape index (κ3) is 3.73. The van der Waals surface area contributed by atoms with Gasteiger partial charge in [0.2, 0.25) is 5.88 Å². The standard InChI is InChI=1S/C25H20F3N3O2/c1-33-20-11-9-16(10-12-20)14-30-15-17-5-2-3-8-21(17)22-23(30)24(32)31(29-22)19-7-4-6-18(13-19)25(26,27)28/h2-13,15,29,32H,14H2,1H3. The Morgan fingerprint density at radius 1 is 0.970 bits per heavy atom. The number of methoxy groups -OCH3 is 1. The highest BCUT2D eigenvalue weighted by Crippen LogP contribution is 2.35. The average Bonchev–Trinajstić information content (AvgIpc) is 3.17. The van der Waals surface area contributed by atoms with Crippen LogP contribution in [0.2, 0.25) is 0 Å². The molecule has 3 aromatic carbocycles. The van der Waals surface area contributed by atoms with Gasteiger partial charge in [-0.1, -0.05) is 42.5 Å². The van der Waals surface area contributed by atoms with Crippen LogP contribution in [0.3, 0.4) is 0 Å². The average molecular weight is 451 g/mol. The highest BCUT2D eigenvalue weighted by atomic mass is 19.4. The molecule has 8 heteroatoms. The largest absolute Gasteiger partial charge is 0.497 e. The summed E-state index contributed by atoms with van der Waals surface area (Å²) >= 11 is 0. The first-order valence-electron chi connectivity index (χ1n) is 10.2. The summed E-state index contributed by atoms with van der Waals surface area (Å²) in [6.45, 7) is 0.444. The van der Waals surface area contributed by atoms with Crippen molar-refractivity contribution in [1.82, 2.24) is 10.3 Å². The van der Waals surface area contributed by atoms with Gasteiger partial charge in [0.05, 0.1) is 24.1 Å². The van der Waals surface area contributed by atoms with Crippen molar-refractivity contribution in [2.24, 2.45) is 0 Å². The first-order chi connectivity index (χ1) is 15.8. The molecule has 2 aliphatic heterocycles. The van der Waals surface area contributed by atoms with Crippen LogP contribution in [0.15, 0.2) is 84.4 Å². The first-order valence-corrected chi connectivity index (χ1v) is 10.2. The minimum absolute atomic E-state index is 0.177. The summed E-state index contributed by atoms with van der Waals surface area (Å²) in [5.41, 5.74) is 4.58. The molecule has 0 aromatic heterocycles. The monoisotopic (exact) mass is 451 g/mol. The lowest BCUT2D eigenvalue weighted by molar-refractivity contribution is -0.137. The molecule has 0 spiro atoms. The fraction of sp³-hybridized carbons (Fsp3) is 0.120. The molecule has 0 aliphatic carbocycles. The molecule has 33 heavy (non-hydrogen) atoms. The molecule has 5 rings (SSSR count). The molecule has 5 nitrogen and oxygen atoms in total. The lowest BCUT2D eigenvalue weighted by Crippen LogP contribution is -2.40. The number of alkyl halides is 3. The van der Waals surface area contributed by atoms with E-state index < -0.39 is 11.7 Å². The summed E-state index contributed by atoms with van der Waals surface area (Å²) in [6, 6.07) is 20.1. The van der Waals surface area contributed by atoms with E-state index in [1.54, 1.807) is 7.11 Å². The number of nitrogens with zero attached hydrogens (tertiary/aromatic N) is 2. The van der Waals surface area contributed by atoms with Gasteiger partial charge in [-0.15, -0.1) is 0 Å². The summed E-state index contributed by atoms with van der Waals surface area (Å²) in [5.74, 6) is 0.558. The normalized spacial score (nSPS) is 15.1. The molecular weight excluding hydrogens is 431 g/mol. The molecule has 0 radical (unpaired) electrons. The van der Waals surface area contributed by atoms with Crippen molar-refractivity contribution in [3.8, 4) is 5.75 Å². The molecule has 2 heterocycles. The second kappa shape index (κ2) is 7.81. The number of benzene rings is 3. The van der Waals surface area contributed by atoms with E-state index in [1.807, 2.05) is 59.6 Å². The third-order valence-corrected chi connectivity index (χ3v) is 5.64. The minimum Gasteiger partial charge on any atom is -0.497 e. The van der Waals surface area contributed by atoms with Crippen LogP contribution in [0.4, 0.5) is 18.9 Å². The quantitative estimate of drug-likeness (QED) is 0.632. The van der Waals surface area contributed by atoms with Crippen molar-refractivity contribution in [1.29, 1.82) is 0 Å². The van der Waals surface area contributed by atoms with Crippen molar-refractivity contribution >= 4 is 17.6 Å². The van der Waals surface area contributed by atoms with Crippen LogP contribution in [0, 0.1) is 0 Å². The first kappa shape index (κ1) is 20.8. The molecule has 0 saturated carbocycles. The maximum absolute atomic E-state index is 13.3. The zero-order chi connectivity index (χ0) is 23.2. The van der Waals surface area contributed by atoms with E-state index in [2.05, 4.69) is 5.43 Å². The third-order valence-electron chi connectivity index (χ3n) is 5.64. The fourth-order valence-electron chi connectivity index (χ4n) is 4.03. The number of fused-ring (bicyclic) bond motifs is 2. The van der Waals surface area contributed by atoms with Crippen LogP contribution in [-0.4, -0.2) is 17.1 Å². The number of anilines is 1. The number of rotatable bonds is 4. The van der Waals surface area contributed by atoms with Gasteiger partial charge in [0.1, 0.15) is 11.4 Å². The van der Waals surface area contributed by atoms with Gasteiger partial charge in [-0.25, -0.2) is 5.01 Å². The molecular formula is C25H20F3N3O2. The molecule has 0 fully saturated rings. The molecule has 2 N–H and O–H groups in total. The molecule has 168 valence electrons. The number of hydrazine groups is 1. The summed E-state index contributed by atoms with van der Waals surface area (Å²) in [4.78, 5) is 1.88. The topological polar surface area (TPSA) is 48.0 Å². The van der Waals surface area contributed by atoms with Crippen molar-refractivity contribution in [3.63, 3.8) is 0 Å². The number of aliphatic hydroxyl groups is 1. The second-order valence-electron chi connectivity index (χ2n) is 7.73. The Hall–Kier alpha value is -4.07. The molecule has 0 saturated heterocycles. The van der Waals surface area contributed by atoms with Gasteiger partial charge < -0.3 is 14.7 Å². The molecule has 0 atom stereocenters. The van der Waals surface area contributed by atoms with E-state index in [0.29, 0.717) is 17.9 Å². The lowest BCUT2D eigenvalue weighted by atomic mass is 10.1. The molecule has 0 unspecified atom stereocenters. The van der Waals surface area contributed by atoms with Crippen LogP contribution < -0.4 is 25.6 Å². The zero-order valence-corrected chi connectivity index (χ0v) is 17.6. The van der Waals surface area contributed by atoms with Gasteiger partial charge in [-0.3, -0.25) is 5.43 Å². The Bertz CT molecular complexity index is 1360. The summed E-state index contributed by atoms with van der Waals surface area (Å²) in [5, 5.41) is 14.2. The maximum Gasteiger partial charge on any atom is 0.416 e. The van der Waals surface area contributed by atoms with Gasteiger partial charge in [-0.2, -0.15) is 13.2 Å². The molecule has 2 aliphatic rings. The number of aliphatic hydroxyl groups excluding tert-OH is 1. The van der Waals surface area contributed by atoms with Crippen LogP contribution in [0.1, 0.15) is 11.1 Å². The molecule has 0 bridgehead atoms. The van der Waals surface area contributed by atoms with Crippen LogP contribution in [0.5, 0.6) is 5.75 Å². The van der Waals surface area contributed by atoms with Crippen molar-refractivity contribution in [2.45, 2.75) is 12.7 Å². The lowest BCUT2D eigenvalue weighted by Gasteiger charge is -2.25. The van der Waals surface area contributed by atoms with Crippen molar-refractivity contribution in [3.05, 3.63) is 106 Å². The number of ether oxygens (including phenoxy) is 1.